The number of aryl methyl sites for hydroxylation is 1. The molecule has 2 heterocycles. The largest absolute Gasteiger partial charge is 0.480 e. The van der Waals surface area contributed by atoms with Crippen LogP contribution < -0.4 is 4.74 Å². The molecule has 1 aromatic heterocycles. The summed E-state index contributed by atoms with van der Waals surface area (Å²) in [6.45, 7) is 4.46. The molecule has 0 unspecified atom stereocenters. The van der Waals surface area contributed by atoms with Gasteiger partial charge in [-0.1, -0.05) is 12.1 Å². The van der Waals surface area contributed by atoms with Gasteiger partial charge in [-0.15, -0.1) is 10.2 Å². The number of rotatable bonds is 4. The number of morpholine rings is 1. The number of carbonyl (C=O) groups is 1. The van der Waals surface area contributed by atoms with Crippen LogP contribution in [0.15, 0.2) is 28.7 Å². The van der Waals surface area contributed by atoms with E-state index in [0.29, 0.717) is 36.2 Å². The second kappa shape index (κ2) is 7.32. The van der Waals surface area contributed by atoms with Gasteiger partial charge >= 0.3 is 0 Å². The minimum atomic E-state index is -0.765. The van der Waals surface area contributed by atoms with Crippen molar-refractivity contribution < 1.29 is 18.7 Å². The zero-order valence-electron chi connectivity index (χ0n) is 14.0. The number of hydrogen-bond acceptors (Lipinski definition) is 7. The maximum atomic E-state index is 12.9. The highest BCUT2D eigenvalue weighted by molar-refractivity contribution is 5.81. The van der Waals surface area contributed by atoms with Crippen molar-refractivity contribution in [3.05, 3.63) is 41.6 Å². The summed E-state index contributed by atoms with van der Waals surface area (Å²) in [4.78, 5) is 14.5. The summed E-state index contributed by atoms with van der Waals surface area (Å²) >= 11 is 0. The number of amides is 1. The number of aromatic nitrogens is 2. The van der Waals surface area contributed by atoms with E-state index >= 15 is 0 Å². The Morgan fingerprint density at radius 1 is 1.44 bits per heavy atom. The second-order valence-corrected chi connectivity index (χ2v) is 5.65. The summed E-state index contributed by atoms with van der Waals surface area (Å²) in [7, 11) is 0. The molecular formula is C17H18N4O4. The lowest BCUT2D eigenvalue weighted by Crippen LogP contribution is -2.48. The lowest BCUT2D eigenvalue weighted by molar-refractivity contribution is -0.148. The normalized spacial score (nSPS) is 18.4. The van der Waals surface area contributed by atoms with Crippen molar-refractivity contribution in [3.63, 3.8) is 0 Å². The summed E-state index contributed by atoms with van der Waals surface area (Å²) in [6.07, 6.45) is -0.765. The predicted octanol–water partition coefficient (Wildman–Crippen LogP) is 1.62. The molecule has 1 fully saturated rings. The van der Waals surface area contributed by atoms with Gasteiger partial charge in [0.1, 0.15) is 17.9 Å². The molecular weight excluding hydrogens is 324 g/mol. The van der Waals surface area contributed by atoms with Crippen LogP contribution in [-0.2, 0) is 9.53 Å². The van der Waals surface area contributed by atoms with Gasteiger partial charge in [-0.3, -0.25) is 4.79 Å². The van der Waals surface area contributed by atoms with Crippen LogP contribution in [0, 0.1) is 18.3 Å². The Hall–Kier alpha value is -2.92. The van der Waals surface area contributed by atoms with E-state index in [1.165, 1.54) is 0 Å². The maximum Gasteiger partial charge on any atom is 0.264 e. The highest BCUT2D eigenvalue weighted by atomic mass is 16.5. The van der Waals surface area contributed by atoms with Crippen molar-refractivity contribution in [3.8, 4) is 11.8 Å². The summed E-state index contributed by atoms with van der Waals surface area (Å²) in [6, 6.07) is 8.42. The number of para-hydroxylation sites is 1. The van der Waals surface area contributed by atoms with Crippen molar-refractivity contribution in [1.82, 2.24) is 15.1 Å². The van der Waals surface area contributed by atoms with Crippen LogP contribution in [0.5, 0.6) is 5.75 Å². The SMILES string of the molecule is Cc1nnc([C@@H]2COCCN2C(=O)[C@@H](C)Oc2ccccc2C#N)o1. The molecule has 0 spiro atoms. The monoisotopic (exact) mass is 342 g/mol. The van der Waals surface area contributed by atoms with E-state index in [-0.39, 0.29) is 12.5 Å². The number of nitrogens with zero attached hydrogens (tertiary/aromatic N) is 4. The van der Waals surface area contributed by atoms with Gasteiger partial charge in [-0.05, 0) is 19.1 Å². The quantitative estimate of drug-likeness (QED) is 0.832. The Balaban J connectivity index is 1.76. The Morgan fingerprint density at radius 3 is 2.96 bits per heavy atom. The molecule has 0 N–H and O–H groups in total. The first kappa shape index (κ1) is 16.9. The molecule has 0 aliphatic carbocycles. The highest BCUT2D eigenvalue weighted by Gasteiger charge is 2.35. The highest BCUT2D eigenvalue weighted by Crippen LogP contribution is 2.25. The molecule has 0 radical (unpaired) electrons. The first-order valence-corrected chi connectivity index (χ1v) is 7.94. The zero-order chi connectivity index (χ0) is 17.8. The molecule has 1 amide bonds. The van der Waals surface area contributed by atoms with Crippen LogP contribution in [0.2, 0.25) is 0 Å². The van der Waals surface area contributed by atoms with Gasteiger partial charge in [0.15, 0.2) is 6.10 Å². The van der Waals surface area contributed by atoms with Gasteiger partial charge in [0.25, 0.3) is 5.91 Å². The van der Waals surface area contributed by atoms with E-state index < -0.39 is 12.1 Å². The third kappa shape index (κ3) is 3.61. The minimum absolute atomic E-state index is 0.225. The molecule has 3 rings (SSSR count). The molecule has 1 saturated heterocycles. The molecule has 0 bridgehead atoms. The van der Waals surface area contributed by atoms with Crippen LogP contribution in [-0.4, -0.2) is 46.9 Å². The lowest BCUT2D eigenvalue weighted by Gasteiger charge is -2.35. The summed E-state index contributed by atoms with van der Waals surface area (Å²) in [5.74, 6) is 0.927. The van der Waals surface area contributed by atoms with Crippen molar-refractivity contribution in [1.29, 1.82) is 5.26 Å². The third-order valence-electron chi connectivity index (χ3n) is 3.90. The fraction of sp³-hybridized carbons (Fsp3) is 0.412. The molecule has 25 heavy (non-hydrogen) atoms. The van der Waals surface area contributed by atoms with E-state index in [1.807, 2.05) is 0 Å². The summed E-state index contributed by atoms with van der Waals surface area (Å²) in [5.41, 5.74) is 0.383. The molecule has 2 aromatic rings. The average molecular weight is 342 g/mol. The molecule has 1 aliphatic rings. The van der Waals surface area contributed by atoms with Crippen molar-refractivity contribution in [2.75, 3.05) is 19.8 Å². The van der Waals surface area contributed by atoms with Gasteiger partial charge < -0.3 is 18.8 Å². The number of nitriles is 1. The average Bonchev–Trinajstić information content (AvgIpc) is 3.07. The van der Waals surface area contributed by atoms with Crippen LogP contribution in [0.1, 0.15) is 30.3 Å². The standard InChI is InChI=1S/C17H18N4O4/c1-11(24-15-6-4-3-5-13(15)9-18)17(22)21-7-8-23-10-14(21)16-20-19-12(2)25-16/h3-6,11,14H,7-8,10H2,1-2H3/t11-,14+/m1/s1. The van der Waals surface area contributed by atoms with E-state index in [0.717, 1.165) is 0 Å². The number of benzene rings is 1. The zero-order valence-corrected chi connectivity index (χ0v) is 14.0. The Morgan fingerprint density at radius 2 is 2.24 bits per heavy atom. The van der Waals surface area contributed by atoms with Gasteiger partial charge in [-0.2, -0.15) is 5.26 Å². The first-order chi connectivity index (χ1) is 12.1. The topological polar surface area (TPSA) is 101 Å². The van der Waals surface area contributed by atoms with E-state index in [1.54, 1.807) is 43.0 Å². The fourth-order valence-corrected chi connectivity index (χ4v) is 2.65. The molecule has 2 atom stereocenters. The fourth-order valence-electron chi connectivity index (χ4n) is 2.65. The van der Waals surface area contributed by atoms with Gasteiger partial charge in [0.2, 0.25) is 11.8 Å². The molecule has 0 saturated carbocycles. The second-order valence-electron chi connectivity index (χ2n) is 5.65. The molecule has 130 valence electrons. The van der Waals surface area contributed by atoms with Crippen molar-refractivity contribution in [2.45, 2.75) is 26.0 Å². The van der Waals surface area contributed by atoms with Crippen molar-refractivity contribution >= 4 is 5.91 Å². The number of carbonyl (C=O) groups excluding carboxylic acids is 1. The van der Waals surface area contributed by atoms with Gasteiger partial charge in [-0.25, -0.2) is 0 Å². The van der Waals surface area contributed by atoms with Crippen LogP contribution in [0.25, 0.3) is 0 Å². The van der Waals surface area contributed by atoms with E-state index in [9.17, 15) is 4.79 Å². The van der Waals surface area contributed by atoms with Crippen LogP contribution in [0.4, 0.5) is 0 Å². The van der Waals surface area contributed by atoms with E-state index in [2.05, 4.69) is 16.3 Å². The molecule has 1 aromatic carbocycles. The first-order valence-electron chi connectivity index (χ1n) is 7.94. The molecule has 8 heteroatoms. The number of ether oxygens (including phenoxy) is 2. The van der Waals surface area contributed by atoms with Crippen LogP contribution >= 0.6 is 0 Å². The summed E-state index contributed by atoms with van der Waals surface area (Å²) in [5, 5.41) is 17.0. The smallest absolute Gasteiger partial charge is 0.264 e. The number of hydrogen-bond donors (Lipinski definition) is 0. The van der Waals surface area contributed by atoms with Crippen LogP contribution in [0.3, 0.4) is 0 Å². The van der Waals surface area contributed by atoms with Gasteiger partial charge in [0, 0.05) is 13.5 Å². The van der Waals surface area contributed by atoms with Gasteiger partial charge in [0.05, 0.1) is 18.8 Å². The van der Waals surface area contributed by atoms with Crippen molar-refractivity contribution in [2.24, 2.45) is 0 Å². The Kier molecular flexibility index (Phi) is 4.95. The molecule has 8 nitrogen and oxygen atoms in total. The Labute approximate surface area is 145 Å². The maximum absolute atomic E-state index is 12.9. The lowest BCUT2D eigenvalue weighted by atomic mass is 10.2. The Bertz CT molecular complexity index is 798. The third-order valence-corrected chi connectivity index (χ3v) is 3.90. The summed E-state index contributed by atoms with van der Waals surface area (Å²) < 4.78 is 16.6. The molecule has 1 aliphatic heterocycles. The minimum Gasteiger partial charge on any atom is -0.480 e. The van der Waals surface area contributed by atoms with E-state index in [4.69, 9.17) is 19.2 Å². The predicted molar refractivity (Wildman–Crippen MR) is 85.6 cm³/mol.